The Morgan fingerprint density at radius 2 is 2.12 bits per heavy atom. The molecule has 1 unspecified atom stereocenters. The maximum Gasteiger partial charge on any atom is 0.126 e. The summed E-state index contributed by atoms with van der Waals surface area (Å²) in [5.41, 5.74) is 9.19. The van der Waals surface area contributed by atoms with Crippen molar-refractivity contribution in [2.75, 3.05) is 18.9 Å². The average Bonchev–Trinajstić information content (AvgIpc) is 3.00. The molecule has 1 aromatic heterocycles. The highest BCUT2D eigenvalue weighted by Crippen LogP contribution is 2.29. The fourth-order valence-electron chi connectivity index (χ4n) is 2.26. The molecule has 3 N–H and O–H groups in total. The number of nitrogens with zero attached hydrogens (tertiary/aromatic N) is 1. The van der Waals surface area contributed by atoms with E-state index in [1.54, 1.807) is 6.20 Å². The lowest BCUT2D eigenvalue weighted by Gasteiger charge is -2.08. The Bertz CT molecular complexity index is 498. The number of nitrogen functional groups attached to an aromatic ring is 1. The lowest BCUT2D eigenvalue weighted by Crippen LogP contribution is -1.97. The van der Waals surface area contributed by atoms with E-state index in [-0.39, 0.29) is 0 Å². The van der Waals surface area contributed by atoms with Crippen molar-refractivity contribution in [3.05, 3.63) is 36.0 Å². The normalized spacial score (nSPS) is 19.6. The second-order valence-electron chi connectivity index (χ2n) is 4.38. The molecular weight excluding hydrogens is 214 g/mol. The van der Waals surface area contributed by atoms with Gasteiger partial charge in [-0.2, -0.15) is 5.10 Å². The Hall–Kier alpha value is -1.81. The van der Waals surface area contributed by atoms with Crippen molar-refractivity contribution in [3.63, 3.8) is 0 Å². The van der Waals surface area contributed by atoms with E-state index in [2.05, 4.69) is 34.5 Å². The first-order chi connectivity index (χ1) is 8.34. The molecule has 4 heteroatoms. The largest absolute Gasteiger partial charge is 0.384 e. The van der Waals surface area contributed by atoms with Gasteiger partial charge in [0.2, 0.25) is 0 Å². The van der Waals surface area contributed by atoms with Crippen LogP contribution in [-0.4, -0.2) is 23.4 Å². The van der Waals surface area contributed by atoms with E-state index in [1.807, 2.05) is 0 Å². The first-order valence-electron chi connectivity index (χ1n) is 5.81. The maximum absolute atomic E-state index is 5.79. The summed E-state index contributed by atoms with van der Waals surface area (Å²) in [7, 11) is 0. The molecule has 1 aliphatic rings. The molecule has 4 nitrogen and oxygen atoms in total. The third-order valence-corrected chi connectivity index (χ3v) is 3.29. The second kappa shape index (κ2) is 4.22. The molecule has 0 spiro atoms. The molecule has 0 aliphatic carbocycles. The quantitative estimate of drug-likeness (QED) is 0.829. The Balaban J connectivity index is 1.87. The number of aromatic amines is 1. The Labute approximate surface area is 99.8 Å². The van der Waals surface area contributed by atoms with Gasteiger partial charge in [-0.3, -0.25) is 5.10 Å². The van der Waals surface area contributed by atoms with Gasteiger partial charge in [0, 0.05) is 18.1 Å². The van der Waals surface area contributed by atoms with Gasteiger partial charge in [-0.05, 0) is 17.5 Å². The molecular formula is C13H15N3O. The molecule has 1 aromatic carbocycles. The molecule has 0 radical (unpaired) electrons. The van der Waals surface area contributed by atoms with Gasteiger partial charge in [0.05, 0.1) is 12.8 Å². The predicted octanol–water partition coefficient (Wildman–Crippen LogP) is 2.16. The van der Waals surface area contributed by atoms with Crippen LogP contribution >= 0.6 is 0 Å². The topological polar surface area (TPSA) is 63.9 Å². The van der Waals surface area contributed by atoms with Crippen LogP contribution in [0.2, 0.25) is 0 Å². The van der Waals surface area contributed by atoms with Crippen molar-refractivity contribution in [1.29, 1.82) is 0 Å². The number of ether oxygens (including phenoxy) is 1. The summed E-state index contributed by atoms with van der Waals surface area (Å²) in [5.74, 6) is 1.16. The van der Waals surface area contributed by atoms with Crippen LogP contribution in [0.5, 0.6) is 0 Å². The van der Waals surface area contributed by atoms with E-state index in [4.69, 9.17) is 10.5 Å². The smallest absolute Gasteiger partial charge is 0.126 e. The monoisotopic (exact) mass is 229 g/mol. The van der Waals surface area contributed by atoms with Crippen molar-refractivity contribution >= 4 is 5.82 Å². The van der Waals surface area contributed by atoms with Gasteiger partial charge in [-0.1, -0.05) is 24.3 Å². The highest BCUT2D eigenvalue weighted by Gasteiger charge is 2.17. The lowest BCUT2D eigenvalue weighted by atomic mass is 9.96. The van der Waals surface area contributed by atoms with Crippen LogP contribution in [0, 0.1) is 0 Å². The molecule has 3 rings (SSSR count). The van der Waals surface area contributed by atoms with Crippen LogP contribution in [0.25, 0.3) is 11.1 Å². The van der Waals surface area contributed by atoms with Gasteiger partial charge in [0.15, 0.2) is 0 Å². The summed E-state index contributed by atoms with van der Waals surface area (Å²) in [6.45, 7) is 1.72. The third kappa shape index (κ3) is 1.91. The molecule has 2 heterocycles. The molecule has 0 bridgehead atoms. The van der Waals surface area contributed by atoms with Crippen molar-refractivity contribution in [1.82, 2.24) is 10.2 Å². The average molecular weight is 229 g/mol. The van der Waals surface area contributed by atoms with E-state index in [0.29, 0.717) is 11.7 Å². The Morgan fingerprint density at radius 1 is 1.29 bits per heavy atom. The van der Waals surface area contributed by atoms with Gasteiger partial charge in [0.25, 0.3) is 0 Å². The first-order valence-corrected chi connectivity index (χ1v) is 5.81. The Morgan fingerprint density at radius 3 is 2.71 bits per heavy atom. The minimum absolute atomic E-state index is 0.547. The Kier molecular flexibility index (Phi) is 2.57. The molecule has 0 saturated carbocycles. The van der Waals surface area contributed by atoms with E-state index in [0.717, 1.165) is 30.8 Å². The number of hydrogen-bond donors (Lipinski definition) is 2. The molecule has 2 aromatic rings. The standard InChI is InChI=1S/C13H15N3O/c14-13-12(7-15-16-13)10-3-1-9(2-4-10)11-5-6-17-8-11/h1-4,7,11H,5-6,8H2,(H3,14,15,16). The number of nitrogens with one attached hydrogen (secondary N) is 1. The van der Waals surface area contributed by atoms with E-state index < -0.39 is 0 Å². The van der Waals surface area contributed by atoms with Gasteiger partial charge < -0.3 is 10.5 Å². The molecule has 1 aliphatic heterocycles. The molecule has 17 heavy (non-hydrogen) atoms. The molecule has 88 valence electrons. The van der Waals surface area contributed by atoms with Crippen molar-refractivity contribution < 1.29 is 4.74 Å². The molecule has 1 saturated heterocycles. The van der Waals surface area contributed by atoms with Crippen LogP contribution in [0.3, 0.4) is 0 Å². The SMILES string of the molecule is Nc1[nH]ncc1-c1ccc(C2CCOC2)cc1. The summed E-state index contributed by atoms with van der Waals surface area (Å²) in [6.07, 6.45) is 2.87. The van der Waals surface area contributed by atoms with E-state index >= 15 is 0 Å². The van der Waals surface area contributed by atoms with Crippen LogP contribution in [-0.2, 0) is 4.74 Å². The first kappa shape index (κ1) is 10.4. The minimum Gasteiger partial charge on any atom is -0.384 e. The summed E-state index contributed by atoms with van der Waals surface area (Å²) in [4.78, 5) is 0. The number of benzene rings is 1. The van der Waals surface area contributed by atoms with E-state index in [9.17, 15) is 0 Å². The highest BCUT2D eigenvalue weighted by molar-refractivity contribution is 5.73. The maximum atomic E-state index is 5.79. The van der Waals surface area contributed by atoms with Gasteiger partial charge in [-0.25, -0.2) is 0 Å². The number of H-pyrrole nitrogens is 1. The van der Waals surface area contributed by atoms with Crippen molar-refractivity contribution in [2.24, 2.45) is 0 Å². The zero-order chi connectivity index (χ0) is 11.7. The van der Waals surface area contributed by atoms with Crippen LogP contribution in [0.4, 0.5) is 5.82 Å². The van der Waals surface area contributed by atoms with Crippen LogP contribution < -0.4 is 5.73 Å². The fraction of sp³-hybridized carbons (Fsp3) is 0.308. The predicted molar refractivity (Wildman–Crippen MR) is 66.6 cm³/mol. The third-order valence-electron chi connectivity index (χ3n) is 3.29. The fourth-order valence-corrected chi connectivity index (χ4v) is 2.26. The summed E-state index contributed by atoms with van der Waals surface area (Å²) in [5, 5.41) is 6.67. The number of nitrogens with two attached hydrogens (primary N) is 1. The zero-order valence-electron chi connectivity index (χ0n) is 9.52. The lowest BCUT2D eigenvalue weighted by molar-refractivity contribution is 0.194. The minimum atomic E-state index is 0.547. The number of anilines is 1. The van der Waals surface area contributed by atoms with Crippen molar-refractivity contribution in [3.8, 4) is 11.1 Å². The summed E-state index contributed by atoms with van der Waals surface area (Å²) < 4.78 is 5.40. The van der Waals surface area contributed by atoms with Gasteiger partial charge >= 0.3 is 0 Å². The number of aromatic nitrogens is 2. The molecule has 1 fully saturated rings. The van der Waals surface area contributed by atoms with Crippen LogP contribution in [0.15, 0.2) is 30.5 Å². The zero-order valence-corrected chi connectivity index (χ0v) is 9.52. The van der Waals surface area contributed by atoms with Crippen molar-refractivity contribution in [2.45, 2.75) is 12.3 Å². The van der Waals surface area contributed by atoms with Crippen LogP contribution in [0.1, 0.15) is 17.9 Å². The summed E-state index contributed by atoms with van der Waals surface area (Å²) in [6, 6.07) is 8.49. The molecule has 0 amide bonds. The number of rotatable bonds is 2. The van der Waals surface area contributed by atoms with Gasteiger partial charge in [0.1, 0.15) is 5.82 Å². The second-order valence-corrected chi connectivity index (χ2v) is 4.38. The number of hydrogen-bond acceptors (Lipinski definition) is 3. The molecule has 1 atom stereocenters. The highest BCUT2D eigenvalue weighted by atomic mass is 16.5. The summed E-state index contributed by atoms with van der Waals surface area (Å²) >= 11 is 0. The van der Waals surface area contributed by atoms with E-state index in [1.165, 1.54) is 5.56 Å². The van der Waals surface area contributed by atoms with Gasteiger partial charge in [-0.15, -0.1) is 0 Å².